The van der Waals surface area contributed by atoms with Crippen LogP contribution < -0.4 is 5.32 Å². The van der Waals surface area contributed by atoms with Crippen LogP contribution in [0.2, 0.25) is 0 Å². The normalized spacial score (nSPS) is 23.0. The van der Waals surface area contributed by atoms with Gasteiger partial charge in [0.25, 0.3) is 0 Å². The summed E-state index contributed by atoms with van der Waals surface area (Å²) in [4.78, 5) is 4.02. The maximum Gasteiger partial charge on any atom is 0.391 e. The number of alkyl halides is 3. The van der Waals surface area contributed by atoms with E-state index in [0.717, 1.165) is 31.6 Å². The molecule has 2 atom stereocenters. The minimum atomic E-state index is -4.13. The van der Waals surface area contributed by atoms with Gasteiger partial charge in [0.05, 0.1) is 12.7 Å². The predicted octanol–water partition coefficient (Wildman–Crippen LogP) is 2.86. The Balaban J connectivity index is 2.11. The number of nitrogens with zero attached hydrogens (tertiary/aromatic N) is 2. The third-order valence-corrected chi connectivity index (χ3v) is 3.41. The monoisotopic (exact) mass is 261 g/mol. The molecule has 0 spiro atoms. The number of rotatable bonds is 3. The van der Waals surface area contributed by atoms with Crippen molar-refractivity contribution < 1.29 is 13.2 Å². The van der Waals surface area contributed by atoms with Crippen molar-refractivity contribution in [3.63, 3.8) is 0 Å². The maximum absolute atomic E-state index is 12.4. The Kier molecular flexibility index (Phi) is 3.94. The van der Waals surface area contributed by atoms with Crippen LogP contribution in [-0.4, -0.2) is 28.8 Å². The van der Waals surface area contributed by atoms with Crippen molar-refractivity contribution in [2.24, 2.45) is 0 Å². The lowest BCUT2D eigenvalue weighted by Gasteiger charge is -2.26. The molecule has 1 fully saturated rings. The Morgan fingerprint density at radius 3 is 2.94 bits per heavy atom. The molecule has 2 heterocycles. The second-order valence-electron chi connectivity index (χ2n) is 4.94. The Morgan fingerprint density at radius 1 is 1.56 bits per heavy atom. The first kappa shape index (κ1) is 13.4. The van der Waals surface area contributed by atoms with Crippen LogP contribution in [0.3, 0.4) is 0 Å². The summed E-state index contributed by atoms with van der Waals surface area (Å²) in [6, 6.07) is -0.593. The standard InChI is InChI=1S/C12H18F3N3/c1-9(5-12(13,14)15)18-8-17-7-11(18)10-3-2-4-16-6-10/h7-10,16H,2-6H2,1H3. The van der Waals surface area contributed by atoms with E-state index in [9.17, 15) is 13.2 Å². The molecule has 1 saturated heterocycles. The molecule has 2 unspecified atom stereocenters. The first-order valence-corrected chi connectivity index (χ1v) is 6.26. The summed E-state index contributed by atoms with van der Waals surface area (Å²) in [6.07, 6.45) is 0.341. The van der Waals surface area contributed by atoms with Crippen LogP contribution in [-0.2, 0) is 0 Å². The Hall–Kier alpha value is -1.04. The number of hydrogen-bond acceptors (Lipinski definition) is 2. The van der Waals surface area contributed by atoms with Crippen LogP contribution in [0, 0.1) is 0 Å². The fraction of sp³-hybridized carbons (Fsp3) is 0.750. The van der Waals surface area contributed by atoms with Gasteiger partial charge in [0, 0.05) is 30.4 Å². The van der Waals surface area contributed by atoms with E-state index in [1.54, 1.807) is 17.7 Å². The van der Waals surface area contributed by atoms with Gasteiger partial charge in [0.15, 0.2) is 0 Å². The third-order valence-electron chi connectivity index (χ3n) is 3.41. The summed E-state index contributed by atoms with van der Waals surface area (Å²) < 4.78 is 38.9. The number of hydrogen-bond donors (Lipinski definition) is 1. The van der Waals surface area contributed by atoms with Gasteiger partial charge in [-0.25, -0.2) is 4.98 Å². The van der Waals surface area contributed by atoms with Crippen LogP contribution in [0.1, 0.15) is 43.8 Å². The summed E-state index contributed by atoms with van der Waals surface area (Å²) >= 11 is 0. The van der Waals surface area contributed by atoms with Crippen molar-refractivity contribution in [2.75, 3.05) is 13.1 Å². The average Bonchev–Trinajstić information content (AvgIpc) is 2.76. The number of imidazole rings is 1. The van der Waals surface area contributed by atoms with Gasteiger partial charge in [-0.15, -0.1) is 0 Å². The minimum Gasteiger partial charge on any atom is -0.331 e. The Labute approximate surface area is 104 Å². The second kappa shape index (κ2) is 5.30. The Morgan fingerprint density at radius 2 is 2.33 bits per heavy atom. The van der Waals surface area contributed by atoms with Crippen molar-refractivity contribution >= 4 is 0 Å². The topological polar surface area (TPSA) is 29.9 Å². The molecule has 3 nitrogen and oxygen atoms in total. The number of aromatic nitrogens is 2. The quantitative estimate of drug-likeness (QED) is 0.906. The maximum atomic E-state index is 12.4. The van der Waals surface area contributed by atoms with Crippen molar-refractivity contribution in [2.45, 2.75) is 44.3 Å². The van der Waals surface area contributed by atoms with Crippen molar-refractivity contribution in [3.05, 3.63) is 18.2 Å². The number of nitrogens with one attached hydrogen (secondary N) is 1. The van der Waals surface area contributed by atoms with Gasteiger partial charge in [-0.3, -0.25) is 0 Å². The zero-order valence-corrected chi connectivity index (χ0v) is 10.4. The van der Waals surface area contributed by atoms with Crippen molar-refractivity contribution in [3.8, 4) is 0 Å². The van der Waals surface area contributed by atoms with Crippen LogP contribution in [0.15, 0.2) is 12.5 Å². The highest BCUT2D eigenvalue weighted by molar-refractivity contribution is 5.09. The van der Waals surface area contributed by atoms with Crippen molar-refractivity contribution in [1.29, 1.82) is 0 Å². The van der Waals surface area contributed by atoms with E-state index in [1.165, 1.54) is 6.33 Å². The molecule has 2 rings (SSSR count). The lowest BCUT2D eigenvalue weighted by Crippen LogP contribution is -2.30. The molecule has 0 radical (unpaired) electrons. The molecule has 6 heteroatoms. The smallest absolute Gasteiger partial charge is 0.331 e. The van der Waals surface area contributed by atoms with Gasteiger partial charge in [-0.05, 0) is 26.3 Å². The molecule has 0 aromatic carbocycles. The zero-order chi connectivity index (χ0) is 13.2. The molecule has 0 saturated carbocycles. The summed E-state index contributed by atoms with van der Waals surface area (Å²) in [6.45, 7) is 3.40. The van der Waals surface area contributed by atoms with Crippen LogP contribution >= 0.6 is 0 Å². The summed E-state index contributed by atoms with van der Waals surface area (Å²) in [7, 11) is 0. The van der Waals surface area contributed by atoms with E-state index in [0.29, 0.717) is 0 Å². The molecule has 102 valence electrons. The number of piperidine rings is 1. The highest BCUT2D eigenvalue weighted by atomic mass is 19.4. The second-order valence-corrected chi connectivity index (χ2v) is 4.94. The lowest BCUT2D eigenvalue weighted by molar-refractivity contribution is -0.141. The average molecular weight is 261 g/mol. The largest absolute Gasteiger partial charge is 0.391 e. The van der Waals surface area contributed by atoms with Gasteiger partial charge in [0.2, 0.25) is 0 Å². The van der Waals surface area contributed by atoms with Crippen molar-refractivity contribution in [1.82, 2.24) is 14.9 Å². The fourth-order valence-electron chi connectivity index (χ4n) is 2.54. The van der Waals surface area contributed by atoms with E-state index >= 15 is 0 Å². The van der Waals surface area contributed by atoms with Gasteiger partial charge >= 0.3 is 6.18 Å². The van der Waals surface area contributed by atoms with Gasteiger partial charge in [0.1, 0.15) is 0 Å². The third kappa shape index (κ3) is 3.25. The lowest BCUT2D eigenvalue weighted by atomic mass is 9.96. The predicted molar refractivity (Wildman–Crippen MR) is 62.5 cm³/mol. The molecule has 1 aliphatic rings. The molecule has 18 heavy (non-hydrogen) atoms. The molecule has 0 amide bonds. The van der Waals surface area contributed by atoms with E-state index in [4.69, 9.17) is 0 Å². The molecular weight excluding hydrogens is 243 g/mol. The molecule has 0 bridgehead atoms. The minimum absolute atomic E-state index is 0.275. The first-order chi connectivity index (χ1) is 8.47. The molecular formula is C12H18F3N3. The van der Waals surface area contributed by atoms with E-state index in [-0.39, 0.29) is 5.92 Å². The van der Waals surface area contributed by atoms with Gasteiger partial charge in [-0.1, -0.05) is 0 Å². The molecule has 1 aromatic heterocycles. The van der Waals surface area contributed by atoms with Crippen LogP contribution in [0.4, 0.5) is 13.2 Å². The highest BCUT2D eigenvalue weighted by Gasteiger charge is 2.32. The van der Waals surface area contributed by atoms with E-state index in [1.807, 2.05) is 0 Å². The van der Waals surface area contributed by atoms with Gasteiger partial charge < -0.3 is 9.88 Å². The summed E-state index contributed by atoms with van der Waals surface area (Å²) in [5.41, 5.74) is 0.916. The number of halogens is 3. The van der Waals surface area contributed by atoms with Gasteiger partial charge in [-0.2, -0.15) is 13.2 Å². The van der Waals surface area contributed by atoms with E-state index in [2.05, 4.69) is 10.3 Å². The van der Waals surface area contributed by atoms with Crippen LogP contribution in [0.5, 0.6) is 0 Å². The molecule has 1 aliphatic heterocycles. The Bertz CT molecular complexity index is 380. The molecule has 0 aliphatic carbocycles. The summed E-state index contributed by atoms with van der Waals surface area (Å²) in [5, 5.41) is 3.27. The molecule has 1 aromatic rings. The first-order valence-electron chi connectivity index (χ1n) is 6.26. The molecule has 1 N–H and O–H groups in total. The zero-order valence-electron chi connectivity index (χ0n) is 10.4. The van der Waals surface area contributed by atoms with E-state index < -0.39 is 18.6 Å². The highest BCUT2D eigenvalue weighted by Crippen LogP contribution is 2.31. The summed E-state index contributed by atoms with van der Waals surface area (Å²) in [5.74, 6) is 0.275. The SMILES string of the molecule is CC(CC(F)(F)F)n1cncc1C1CCCNC1. The van der Waals surface area contributed by atoms with Crippen LogP contribution in [0.25, 0.3) is 0 Å². The fourth-order valence-corrected chi connectivity index (χ4v) is 2.54.